The Morgan fingerprint density at radius 3 is 2.95 bits per heavy atom. The average Bonchev–Trinajstić information content (AvgIpc) is 2.83. The number of methoxy groups -OCH3 is 1. The normalized spacial score (nSPS) is 10.6. The Kier molecular flexibility index (Phi) is 4.27. The molecule has 7 heteroatoms. The van der Waals surface area contributed by atoms with Crippen molar-refractivity contribution < 1.29 is 14.3 Å². The summed E-state index contributed by atoms with van der Waals surface area (Å²) in [5.41, 5.74) is 1.12. The molecule has 102 valence electrons. The van der Waals surface area contributed by atoms with Gasteiger partial charge >= 0.3 is 5.97 Å². The summed E-state index contributed by atoms with van der Waals surface area (Å²) in [6.07, 6.45) is 4.93. The highest BCUT2D eigenvalue weighted by atomic mass is 16.5. The predicted molar refractivity (Wildman–Crippen MR) is 67.7 cm³/mol. The molecule has 2 rings (SSSR count). The molecule has 0 aromatic carbocycles. The molecule has 0 fully saturated rings. The first-order chi connectivity index (χ1) is 9.26. The molecule has 0 aliphatic carbocycles. The van der Waals surface area contributed by atoms with Gasteiger partial charge in [-0.3, -0.25) is 4.79 Å². The number of unbranched alkanes of at least 4 members (excludes halogenated alkanes) is 1. The number of fused-ring (bicyclic) bond motifs is 1. The van der Waals surface area contributed by atoms with Crippen LogP contribution in [-0.2, 0) is 16.1 Å². The van der Waals surface area contributed by atoms with E-state index in [1.54, 1.807) is 4.57 Å². The van der Waals surface area contributed by atoms with E-state index in [4.69, 9.17) is 4.74 Å². The van der Waals surface area contributed by atoms with E-state index in [0.717, 1.165) is 12.8 Å². The third kappa shape index (κ3) is 2.98. The number of rotatable bonds is 6. The lowest BCUT2D eigenvalue weighted by molar-refractivity contribution is -0.141. The Balaban J connectivity index is 2.23. The molecule has 0 saturated carbocycles. The first-order valence-electron chi connectivity index (χ1n) is 6.11. The molecule has 0 amide bonds. The maximum absolute atomic E-state index is 11.3. The fraction of sp³-hybridized carbons (Fsp3) is 0.500. The summed E-state index contributed by atoms with van der Waals surface area (Å²) in [7, 11) is 1.34. The minimum Gasteiger partial charge on any atom is -0.476 e. The van der Waals surface area contributed by atoms with Gasteiger partial charge in [0.05, 0.1) is 20.0 Å². The van der Waals surface area contributed by atoms with Gasteiger partial charge < -0.3 is 14.0 Å². The van der Waals surface area contributed by atoms with Gasteiger partial charge in [-0.25, -0.2) is 9.97 Å². The molecule has 7 nitrogen and oxygen atoms in total. The molecule has 0 atom stereocenters. The fourth-order valence-electron chi connectivity index (χ4n) is 1.60. The Hall–Kier alpha value is -2.18. The number of aromatic nitrogens is 4. The van der Waals surface area contributed by atoms with Crippen molar-refractivity contribution in [1.29, 1.82) is 0 Å². The Bertz CT molecular complexity index is 567. The number of hydrogen-bond acceptors (Lipinski definition) is 6. The minimum atomic E-state index is -0.355. The second-order valence-corrected chi connectivity index (χ2v) is 4.00. The van der Waals surface area contributed by atoms with Crippen LogP contribution in [0.1, 0.15) is 19.8 Å². The van der Waals surface area contributed by atoms with Crippen molar-refractivity contribution in [3.63, 3.8) is 0 Å². The molecular formula is C12H16N4O3. The molecule has 0 aliphatic heterocycles. The van der Waals surface area contributed by atoms with E-state index in [1.165, 1.54) is 19.8 Å². The van der Waals surface area contributed by atoms with Crippen LogP contribution >= 0.6 is 0 Å². The van der Waals surface area contributed by atoms with E-state index in [0.29, 0.717) is 23.7 Å². The van der Waals surface area contributed by atoms with Crippen molar-refractivity contribution in [3.8, 4) is 5.88 Å². The second-order valence-electron chi connectivity index (χ2n) is 4.00. The van der Waals surface area contributed by atoms with Gasteiger partial charge in [-0.05, 0) is 6.42 Å². The maximum atomic E-state index is 11.3. The molecule has 19 heavy (non-hydrogen) atoms. The number of ether oxygens (including phenoxy) is 2. The van der Waals surface area contributed by atoms with Crippen molar-refractivity contribution in [1.82, 2.24) is 19.5 Å². The standard InChI is InChI=1S/C12H16N4O3/c1-3-4-5-19-12-10-11(13-7-14-12)16(8-15-10)6-9(17)18-2/h7-8H,3-6H2,1-2H3. The fourth-order valence-corrected chi connectivity index (χ4v) is 1.60. The zero-order valence-corrected chi connectivity index (χ0v) is 11.0. The van der Waals surface area contributed by atoms with Crippen molar-refractivity contribution in [2.75, 3.05) is 13.7 Å². The Morgan fingerprint density at radius 2 is 2.21 bits per heavy atom. The van der Waals surface area contributed by atoms with Crippen molar-refractivity contribution in [2.45, 2.75) is 26.3 Å². The molecule has 0 radical (unpaired) electrons. The maximum Gasteiger partial charge on any atom is 0.325 e. The Morgan fingerprint density at radius 1 is 1.37 bits per heavy atom. The van der Waals surface area contributed by atoms with Crippen molar-refractivity contribution in [3.05, 3.63) is 12.7 Å². The topological polar surface area (TPSA) is 79.1 Å². The van der Waals surface area contributed by atoms with Crippen LogP contribution in [-0.4, -0.2) is 39.2 Å². The molecule has 0 aliphatic rings. The van der Waals surface area contributed by atoms with Gasteiger partial charge in [-0.2, -0.15) is 4.98 Å². The lowest BCUT2D eigenvalue weighted by Gasteiger charge is -2.05. The molecule has 0 saturated heterocycles. The number of carbonyl (C=O) groups is 1. The summed E-state index contributed by atoms with van der Waals surface area (Å²) >= 11 is 0. The third-order valence-corrected chi connectivity index (χ3v) is 2.63. The van der Waals surface area contributed by atoms with Gasteiger partial charge in [0, 0.05) is 0 Å². The zero-order chi connectivity index (χ0) is 13.7. The quantitative estimate of drug-likeness (QED) is 0.575. The van der Waals surface area contributed by atoms with Gasteiger partial charge in [0.25, 0.3) is 0 Å². The first kappa shape index (κ1) is 13.3. The predicted octanol–water partition coefficient (Wildman–Crippen LogP) is 1.18. The van der Waals surface area contributed by atoms with E-state index < -0.39 is 0 Å². The van der Waals surface area contributed by atoms with Crippen LogP contribution in [0.15, 0.2) is 12.7 Å². The lowest BCUT2D eigenvalue weighted by atomic mass is 10.4. The van der Waals surface area contributed by atoms with Crippen LogP contribution < -0.4 is 4.74 Å². The number of carbonyl (C=O) groups excluding carboxylic acids is 1. The Labute approximate surface area is 110 Å². The average molecular weight is 264 g/mol. The van der Waals surface area contributed by atoms with Crippen LogP contribution in [0.25, 0.3) is 11.2 Å². The summed E-state index contributed by atoms with van der Waals surface area (Å²) in [5, 5.41) is 0. The van der Waals surface area contributed by atoms with Crippen LogP contribution in [0, 0.1) is 0 Å². The van der Waals surface area contributed by atoms with E-state index >= 15 is 0 Å². The largest absolute Gasteiger partial charge is 0.476 e. The summed E-state index contributed by atoms with van der Waals surface area (Å²) in [6.45, 7) is 2.74. The van der Waals surface area contributed by atoms with E-state index in [2.05, 4.69) is 26.6 Å². The number of hydrogen-bond donors (Lipinski definition) is 0. The van der Waals surface area contributed by atoms with E-state index in [9.17, 15) is 4.79 Å². The molecule has 0 unspecified atom stereocenters. The highest BCUT2D eigenvalue weighted by Crippen LogP contribution is 2.19. The number of imidazole rings is 1. The van der Waals surface area contributed by atoms with Gasteiger partial charge in [0.1, 0.15) is 12.9 Å². The van der Waals surface area contributed by atoms with Crippen LogP contribution in [0.5, 0.6) is 5.88 Å². The SMILES string of the molecule is CCCCOc1ncnc2c1ncn2CC(=O)OC. The second kappa shape index (κ2) is 6.12. The molecular weight excluding hydrogens is 248 g/mol. The van der Waals surface area contributed by atoms with Crippen LogP contribution in [0.4, 0.5) is 0 Å². The molecule has 2 aromatic heterocycles. The molecule has 2 aromatic rings. The molecule has 0 spiro atoms. The lowest BCUT2D eigenvalue weighted by Crippen LogP contribution is -2.11. The zero-order valence-electron chi connectivity index (χ0n) is 11.0. The van der Waals surface area contributed by atoms with Gasteiger partial charge in [-0.15, -0.1) is 0 Å². The molecule has 0 N–H and O–H groups in total. The third-order valence-electron chi connectivity index (χ3n) is 2.63. The van der Waals surface area contributed by atoms with E-state index in [-0.39, 0.29) is 12.5 Å². The minimum absolute atomic E-state index is 0.0679. The van der Waals surface area contributed by atoms with Crippen LogP contribution in [0.3, 0.4) is 0 Å². The highest BCUT2D eigenvalue weighted by Gasteiger charge is 2.13. The first-order valence-corrected chi connectivity index (χ1v) is 6.11. The molecule has 2 heterocycles. The van der Waals surface area contributed by atoms with Gasteiger partial charge in [0.15, 0.2) is 11.2 Å². The van der Waals surface area contributed by atoms with Gasteiger partial charge in [-0.1, -0.05) is 13.3 Å². The summed E-state index contributed by atoms with van der Waals surface area (Å²) in [5.74, 6) is 0.0911. The summed E-state index contributed by atoms with van der Waals surface area (Å²) < 4.78 is 11.8. The number of esters is 1. The summed E-state index contributed by atoms with van der Waals surface area (Å²) in [6, 6.07) is 0. The van der Waals surface area contributed by atoms with E-state index in [1.807, 2.05) is 0 Å². The van der Waals surface area contributed by atoms with Crippen molar-refractivity contribution >= 4 is 17.1 Å². The molecule has 0 bridgehead atoms. The van der Waals surface area contributed by atoms with Gasteiger partial charge in [0.2, 0.25) is 5.88 Å². The van der Waals surface area contributed by atoms with Crippen LogP contribution in [0.2, 0.25) is 0 Å². The van der Waals surface area contributed by atoms with Crippen molar-refractivity contribution in [2.24, 2.45) is 0 Å². The monoisotopic (exact) mass is 264 g/mol. The smallest absolute Gasteiger partial charge is 0.325 e. The summed E-state index contributed by atoms with van der Waals surface area (Å²) in [4.78, 5) is 23.6. The number of nitrogens with zero attached hydrogens (tertiary/aromatic N) is 4. The highest BCUT2D eigenvalue weighted by molar-refractivity contribution is 5.78.